The Bertz CT molecular complexity index is 1050. The van der Waals surface area contributed by atoms with Crippen LogP contribution in [0.2, 0.25) is 5.02 Å². The summed E-state index contributed by atoms with van der Waals surface area (Å²) >= 11 is 6.35. The molecule has 1 aliphatic heterocycles. The molecule has 29 heavy (non-hydrogen) atoms. The first-order chi connectivity index (χ1) is 13.5. The molecular weight excluding hydrogens is 411 g/mol. The molecule has 0 fully saturated rings. The third-order valence-electron chi connectivity index (χ3n) is 4.84. The lowest BCUT2D eigenvalue weighted by Gasteiger charge is -2.32. The number of carbonyl (C=O) groups excluding carboxylic acids is 1. The molecule has 152 valence electrons. The number of benzene rings is 1. The van der Waals surface area contributed by atoms with Gasteiger partial charge in [0.1, 0.15) is 11.4 Å². The highest BCUT2D eigenvalue weighted by Gasteiger charge is 2.34. The Morgan fingerprint density at radius 2 is 2.07 bits per heavy atom. The monoisotopic (exact) mass is 432 g/mol. The number of hydrogen-bond acceptors (Lipinski definition) is 4. The fourth-order valence-corrected chi connectivity index (χ4v) is 3.77. The van der Waals surface area contributed by atoms with E-state index in [2.05, 4.69) is 10.1 Å². The Kier molecular flexibility index (Phi) is 6.15. The minimum absolute atomic E-state index is 0. The van der Waals surface area contributed by atoms with Gasteiger partial charge in [0.15, 0.2) is 0 Å². The van der Waals surface area contributed by atoms with Crippen molar-refractivity contribution in [3.8, 4) is 16.9 Å². The number of rotatable bonds is 4. The molecular formula is C21H22Cl2N4O2. The highest BCUT2D eigenvalue weighted by molar-refractivity contribution is 6.32. The van der Waals surface area contributed by atoms with Crippen LogP contribution in [0, 0.1) is 6.92 Å². The average Bonchev–Trinajstić information content (AvgIpc) is 3.12. The lowest BCUT2D eigenvalue weighted by atomic mass is 10.0. The molecule has 0 bridgehead atoms. The number of fused-ring (bicyclic) bond motifs is 1. The molecule has 6 nitrogen and oxygen atoms in total. The quantitative estimate of drug-likeness (QED) is 0.584. The lowest BCUT2D eigenvalue weighted by molar-refractivity contribution is 0.0954. The van der Waals surface area contributed by atoms with Crippen molar-refractivity contribution in [3.63, 3.8) is 0 Å². The topological polar surface area (TPSA) is 60.2 Å². The molecule has 1 aromatic carbocycles. The van der Waals surface area contributed by atoms with E-state index in [9.17, 15) is 4.79 Å². The zero-order valence-corrected chi connectivity index (χ0v) is 18.0. The average molecular weight is 433 g/mol. The second kappa shape index (κ2) is 8.43. The van der Waals surface area contributed by atoms with Crippen LogP contribution in [0.4, 0.5) is 5.69 Å². The lowest BCUT2D eigenvalue weighted by Crippen LogP contribution is -2.42. The van der Waals surface area contributed by atoms with Gasteiger partial charge in [-0.25, -0.2) is 0 Å². The molecule has 0 spiro atoms. The zero-order chi connectivity index (χ0) is 19.8. The number of nitrogens with zero attached hydrogens (tertiary/aromatic N) is 4. The van der Waals surface area contributed by atoms with Crippen LogP contribution in [0.15, 0.2) is 42.7 Å². The first kappa shape index (κ1) is 21.1. The molecule has 3 heterocycles. The van der Waals surface area contributed by atoms with Gasteiger partial charge in [0.2, 0.25) is 0 Å². The van der Waals surface area contributed by atoms with Gasteiger partial charge in [-0.15, -0.1) is 12.4 Å². The molecule has 2 aromatic heterocycles. The second-order valence-corrected chi connectivity index (χ2v) is 7.26. The summed E-state index contributed by atoms with van der Waals surface area (Å²) in [5, 5.41) is 4.97. The zero-order valence-electron chi connectivity index (χ0n) is 16.4. The molecule has 0 unspecified atom stereocenters. The van der Waals surface area contributed by atoms with Crippen LogP contribution in [-0.2, 0) is 0 Å². The molecule has 8 heteroatoms. The van der Waals surface area contributed by atoms with E-state index in [0.717, 1.165) is 22.5 Å². The summed E-state index contributed by atoms with van der Waals surface area (Å²) in [6.45, 7) is 6.94. The maximum atomic E-state index is 13.4. The van der Waals surface area contributed by atoms with E-state index in [0.29, 0.717) is 29.6 Å². The first-order valence-electron chi connectivity index (χ1n) is 9.24. The molecule has 1 atom stereocenters. The molecule has 1 amide bonds. The fourth-order valence-electron chi connectivity index (χ4n) is 3.54. The number of ether oxygens (including phenoxy) is 1. The van der Waals surface area contributed by atoms with E-state index < -0.39 is 0 Å². The predicted molar refractivity (Wildman–Crippen MR) is 116 cm³/mol. The van der Waals surface area contributed by atoms with Crippen molar-refractivity contribution >= 4 is 35.6 Å². The standard InChI is InChI=1S/C21H21ClN4O2.ClH/c1-4-28-19-6-5-16(10-18(19)22)25-12-14(3)26-20(21(25)27)17(11-24-26)15-7-8-23-13(2)9-15;/h5-11,14H,4,12H2,1-3H3;1H/t14-;/m0./s1. The minimum Gasteiger partial charge on any atom is -0.492 e. The normalized spacial score (nSPS) is 15.7. The summed E-state index contributed by atoms with van der Waals surface area (Å²) in [6, 6.07) is 9.34. The van der Waals surface area contributed by atoms with Gasteiger partial charge in [-0.3, -0.25) is 14.5 Å². The summed E-state index contributed by atoms with van der Waals surface area (Å²) in [5.41, 5.74) is 3.96. The van der Waals surface area contributed by atoms with Gasteiger partial charge >= 0.3 is 0 Å². The van der Waals surface area contributed by atoms with Gasteiger partial charge in [-0.05, 0) is 56.7 Å². The first-order valence-corrected chi connectivity index (χ1v) is 9.62. The molecule has 0 N–H and O–H groups in total. The van der Waals surface area contributed by atoms with E-state index in [1.165, 1.54) is 0 Å². The number of hydrogen-bond donors (Lipinski definition) is 0. The predicted octanol–water partition coefficient (Wildman–Crippen LogP) is 4.95. The van der Waals surface area contributed by atoms with Crippen LogP contribution in [-0.4, -0.2) is 33.8 Å². The third-order valence-corrected chi connectivity index (χ3v) is 5.14. The Hall–Kier alpha value is -2.57. The molecule has 0 saturated heterocycles. The number of carbonyl (C=O) groups is 1. The highest BCUT2D eigenvalue weighted by atomic mass is 35.5. The Balaban J connectivity index is 0.00000240. The highest BCUT2D eigenvalue weighted by Crippen LogP contribution is 2.35. The summed E-state index contributed by atoms with van der Waals surface area (Å²) in [5.74, 6) is 0.517. The molecule has 0 radical (unpaired) electrons. The molecule has 3 aromatic rings. The number of pyridine rings is 1. The summed E-state index contributed by atoms with van der Waals surface area (Å²) in [4.78, 5) is 19.4. The van der Waals surface area contributed by atoms with Crippen molar-refractivity contribution < 1.29 is 9.53 Å². The molecule has 1 aliphatic rings. The van der Waals surface area contributed by atoms with Crippen LogP contribution < -0.4 is 9.64 Å². The van der Waals surface area contributed by atoms with Crippen molar-refractivity contribution in [1.82, 2.24) is 14.8 Å². The maximum Gasteiger partial charge on any atom is 0.277 e. The van der Waals surface area contributed by atoms with Crippen LogP contribution >= 0.6 is 24.0 Å². The SMILES string of the molecule is CCOc1ccc(N2C[C@H](C)n3ncc(-c4ccnc(C)c4)c3C2=O)cc1Cl.Cl. The van der Waals surface area contributed by atoms with Gasteiger partial charge in [-0.1, -0.05) is 11.6 Å². The van der Waals surface area contributed by atoms with Gasteiger partial charge < -0.3 is 9.64 Å². The summed E-state index contributed by atoms with van der Waals surface area (Å²) < 4.78 is 7.31. The van der Waals surface area contributed by atoms with Crippen molar-refractivity contribution in [1.29, 1.82) is 0 Å². The van der Waals surface area contributed by atoms with Gasteiger partial charge in [-0.2, -0.15) is 5.10 Å². The van der Waals surface area contributed by atoms with Gasteiger partial charge in [0.05, 0.1) is 23.9 Å². The Labute approximate surface area is 180 Å². The Morgan fingerprint density at radius 3 is 2.76 bits per heavy atom. The maximum absolute atomic E-state index is 13.4. The third kappa shape index (κ3) is 3.82. The Morgan fingerprint density at radius 1 is 1.28 bits per heavy atom. The van der Waals surface area contributed by atoms with Crippen molar-refractivity contribution in [2.24, 2.45) is 0 Å². The van der Waals surface area contributed by atoms with E-state index in [1.54, 1.807) is 34.1 Å². The molecule has 4 rings (SSSR count). The number of aryl methyl sites for hydroxylation is 1. The van der Waals surface area contributed by atoms with Crippen molar-refractivity contribution in [3.05, 3.63) is 59.1 Å². The van der Waals surface area contributed by atoms with E-state index >= 15 is 0 Å². The second-order valence-electron chi connectivity index (χ2n) is 6.85. The summed E-state index contributed by atoms with van der Waals surface area (Å²) in [7, 11) is 0. The number of amides is 1. The van der Waals surface area contributed by atoms with Crippen LogP contribution in [0.3, 0.4) is 0 Å². The molecule has 0 aliphatic carbocycles. The van der Waals surface area contributed by atoms with E-state index in [-0.39, 0.29) is 24.4 Å². The van der Waals surface area contributed by atoms with Crippen LogP contribution in [0.25, 0.3) is 11.1 Å². The van der Waals surface area contributed by atoms with Crippen LogP contribution in [0.5, 0.6) is 5.75 Å². The smallest absolute Gasteiger partial charge is 0.277 e. The summed E-state index contributed by atoms with van der Waals surface area (Å²) in [6.07, 6.45) is 3.50. The van der Waals surface area contributed by atoms with Crippen molar-refractivity contribution in [2.45, 2.75) is 26.8 Å². The number of halogens is 2. The number of anilines is 1. The van der Waals surface area contributed by atoms with Gasteiger partial charge in [0, 0.05) is 29.7 Å². The van der Waals surface area contributed by atoms with E-state index in [1.807, 2.05) is 39.0 Å². The van der Waals surface area contributed by atoms with E-state index in [4.69, 9.17) is 16.3 Å². The largest absolute Gasteiger partial charge is 0.492 e. The van der Waals surface area contributed by atoms with Crippen LogP contribution in [0.1, 0.15) is 36.1 Å². The number of aromatic nitrogens is 3. The van der Waals surface area contributed by atoms with Crippen molar-refractivity contribution in [2.75, 3.05) is 18.1 Å². The fraction of sp³-hybridized carbons (Fsp3) is 0.286. The van der Waals surface area contributed by atoms with Gasteiger partial charge in [0.25, 0.3) is 5.91 Å². The minimum atomic E-state index is -0.0970. The molecule has 0 saturated carbocycles.